The van der Waals surface area contributed by atoms with Gasteiger partial charge in [-0.1, -0.05) is 23.4 Å². The molecule has 6 nitrogen and oxygen atoms in total. The van der Waals surface area contributed by atoms with E-state index in [1.54, 1.807) is 6.07 Å². The Hall–Kier alpha value is -1.32. The Kier molecular flexibility index (Phi) is 3.97. The molecule has 0 aliphatic heterocycles. The van der Waals surface area contributed by atoms with E-state index in [0.29, 0.717) is 0 Å². The molecule has 19 heavy (non-hydrogen) atoms. The lowest BCUT2D eigenvalue weighted by atomic mass is 10.2. The highest BCUT2D eigenvalue weighted by Crippen LogP contribution is 2.18. The van der Waals surface area contributed by atoms with Crippen molar-refractivity contribution in [3.63, 3.8) is 0 Å². The van der Waals surface area contributed by atoms with Gasteiger partial charge >= 0.3 is 0 Å². The van der Waals surface area contributed by atoms with Crippen LogP contribution in [-0.2, 0) is 23.6 Å². The van der Waals surface area contributed by atoms with E-state index >= 15 is 0 Å². The van der Waals surface area contributed by atoms with Gasteiger partial charge < -0.3 is 0 Å². The fourth-order valence-electron chi connectivity index (χ4n) is 1.49. The van der Waals surface area contributed by atoms with Crippen molar-refractivity contribution in [2.45, 2.75) is 11.6 Å². The number of halogens is 2. The molecule has 1 N–H and O–H groups in total. The molecule has 0 aliphatic rings. The Labute approximate surface area is 117 Å². The lowest BCUT2D eigenvalue weighted by molar-refractivity contribution is 0.556. The maximum Gasteiger partial charge on any atom is 0.260 e. The fraction of sp³-hybridized carbons (Fsp3) is 0.200. The predicted molar refractivity (Wildman–Crippen MR) is 69.1 cm³/mol. The Bertz CT molecular complexity index is 682. The van der Waals surface area contributed by atoms with Crippen LogP contribution in [0.4, 0.5) is 4.39 Å². The van der Waals surface area contributed by atoms with Crippen molar-refractivity contribution < 1.29 is 12.8 Å². The molecule has 0 saturated carbocycles. The molecule has 0 spiro atoms. The Morgan fingerprint density at radius 3 is 2.68 bits per heavy atom. The van der Waals surface area contributed by atoms with E-state index < -0.39 is 15.8 Å². The van der Waals surface area contributed by atoms with Crippen LogP contribution in [-0.4, -0.2) is 23.4 Å². The van der Waals surface area contributed by atoms with Crippen LogP contribution in [0.15, 0.2) is 33.9 Å². The van der Waals surface area contributed by atoms with E-state index in [2.05, 4.69) is 31.0 Å². The number of rotatable bonds is 4. The normalized spacial score (nSPS) is 11.7. The summed E-state index contributed by atoms with van der Waals surface area (Å²) >= 11 is 3.01. The van der Waals surface area contributed by atoms with Crippen LogP contribution >= 0.6 is 15.9 Å². The van der Waals surface area contributed by atoms with Crippen molar-refractivity contribution in [1.82, 2.24) is 19.7 Å². The van der Waals surface area contributed by atoms with Crippen LogP contribution < -0.4 is 4.72 Å². The Balaban J connectivity index is 2.22. The summed E-state index contributed by atoms with van der Waals surface area (Å²) in [5, 5.41) is 7.07. The maximum atomic E-state index is 13.4. The number of benzene rings is 1. The van der Waals surface area contributed by atoms with Gasteiger partial charge in [0.1, 0.15) is 5.82 Å². The summed E-state index contributed by atoms with van der Waals surface area (Å²) in [6.07, 6.45) is 0. The van der Waals surface area contributed by atoms with Crippen molar-refractivity contribution in [2.24, 2.45) is 7.05 Å². The molecule has 0 amide bonds. The zero-order chi connectivity index (χ0) is 14.0. The first kappa shape index (κ1) is 14.1. The van der Waals surface area contributed by atoms with E-state index in [9.17, 15) is 12.8 Å². The molecule has 0 fully saturated rings. The van der Waals surface area contributed by atoms with Gasteiger partial charge in [-0.05, 0) is 22.0 Å². The number of nitrogens with one attached hydrogen (secondary N) is 1. The summed E-state index contributed by atoms with van der Waals surface area (Å²) < 4.78 is 41.0. The second kappa shape index (κ2) is 5.35. The molecule has 0 aliphatic carbocycles. The molecule has 0 saturated heterocycles. The van der Waals surface area contributed by atoms with E-state index in [1.165, 1.54) is 25.2 Å². The monoisotopic (exact) mass is 348 g/mol. The molecule has 9 heteroatoms. The number of nitrogens with zero attached hydrogens (tertiary/aromatic N) is 3. The number of aromatic nitrogens is 3. The van der Waals surface area contributed by atoms with Crippen molar-refractivity contribution in [3.8, 4) is 0 Å². The molecule has 0 bridgehead atoms. The molecule has 1 aromatic carbocycles. The highest BCUT2D eigenvalue weighted by molar-refractivity contribution is 9.10. The van der Waals surface area contributed by atoms with Crippen molar-refractivity contribution in [1.29, 1.82) is 0 Å². The quantitative estimate of drug-likeness (QED) is 0.900. The van der Waals surface area contributed by atoms with Crippen LogP contribution in [0.3, 0.4) is 0 Å². The minimum absolute atomic E-state index is 0.107. The molecular weight excluding hydrogens is 339 g/mol. The number of sulfonamides is 1. The van der Waals surface area contributed by atoms with Crippen LogP contribution in [0.5, 0.6) is 0 Å². The molecule has 0 unspecified atom stereocenters. The smallest absolute Gasteiger partial charge is 0.235 e. The van der Waals surface area contributed by atoms with Crippen LogP contribution in [0.25, 0.3) is 0 Å². The van der Waals surface area contributed by atoms with Gasteiger partial charge in [0.05, 0.1) is 0 Å². The second-order valence-corrected chi connectivity index (χ2v) is 6.16. The van der Waals surface area contributed by atoms with E-state index in [4.69, 9.17) is 0 Å². The summed E-state index contributed by atoms with van der Waals surface area (Å²) in [7, 11) is -2.37. The van der Waals surface area contributed by atoms with Crippen LogP contribution in [0.1, 0.15) is 5.56 Å². The van der Waals surface area contributed by atoms with Gasteiger partial charge in [0.25, 0.3) is 10.0 Å². The van der Waals surface area contributed by atoms with Crippen LogP contribution in [0.2, 0.25) is 0 Å². The third-order valence-corrected chi connectivity index (χ3v) is 4.69. The highest BCUT2D eigenvalue weighted by atomic mass is 79.9. The van der Waals surface area contributed by atoms with Crippen molar-refractivity contribution in [2.75, 3.05) is 0 Å². The van der Waals surface area contributed by atoms with E-state index in [0.717, 1.165) is 4.68 Å². The average molecular weight is 349 g/mol. The zero-order valence-corrected chi connectivity index (χ0v) is 12.2. The van der Waals surface area contributed by atoms with Gasteiger partial charge in [0.15, 0.2) is 4.60 Å². The first-order chi connectivity index (χ1) is 8.92. The van der Waals surface area contributed by atoms with Crippen molar-refractivity contribution in [3.05, 3.63) is 40.2 Å². The fourth-order valence-corrected chi connectivity index (χ4v) is 3.59. The first-order valence-electron chi connectivity index (χ1n) is 5.20. The summed E-state index contributed by atoms with van der Waals surface area (Å²) in [5.41, 5.74) is 0.261. The average Bonchev–Trinajstić information content (AvgIpc) is 2.69. The minimum atomic E-state index is -3.82. The largest absolute Gasteiger partial charge is 0.260 e. The van der Waals surface area contributed by atoms with E-state index in [1.807, 2.05) is 0 Å². The van der Waals surface area contributed by atoms with E-state index in [-0.39, 0.29) is 21.7 Å². The van der Waals surface area contributed by atoms with Gasteiger partial charge in [-0.3, -0.25) is 0 Å². The van der Waals surface area contributed by atoms with Gasteiger partial charge in [0, 0.05) is 19.2 Å². The first-order valence-corrected chi connectivity index (χ1v) is 7.47. The number of aryl methyl sites for hydroxylation is 1. The standard InChI is InChI=1S/C10H10BrFN4O2S/c1-16-10(9(11)14-15-16)19(17,18)13-6-7-4-2-3-5-8(7)12/h2-5,13H,6H2,1H3. The molecule has 0 atom stereocenters. The third-order valence-electron chi connectivity index (χ3n) is 2.40. The number of hydrogen-bond donors (Lipinski definition) is 1. The van der Waals surface area contributed by atoms with Gasteiger partial charge in [-0.15, -0.1) is 5.10 Å². The Morgan fingerprint density at radius 2 is 2.11 bits per heavy atom. The van der Waals surface area contributed by atoms with Gasteiger partial charge in [-0.2, -0.15) is 0 Å². The lowest BCUT2D eigenvalue weighted by Gasteiger charge is -2.07. The second-order valence-electron chi connectivity index (χ2n) is 3.72. The molecule has 1 aromatic heterocycles. The predicted octanol–water partition coefficient (Wildman–Crippen LogP) is 1.20. The van der Waals surface area contributed by atoms with Gasteiger partial charge in [-0.25, -0.2) is 22.2 Å². The molecule has 0 radical (unpaired) electrons. The minimum Gasteiger partial charge on any atom is -0.235 e. The molecule has 102 valence electrons. The molecule has 2 aromatic rings. The SMILES string of the molecule is Cn1nnc(Br)c1S(=O)(=O)NCc1ccccc1F. The van der Waals surface area contributed by atoms with Gasteiger partial charge in [0.2, 0.25) is 5.03 Å². The topological polar surface area (TPSA) is 76.9 Å². The molecular formula is C10H10BrFN4O2S. The van der Waals surface area contributed by atoms with Crippen molar-refractivity contribution >= 4 is 26.0 Å². The zero-order valence-electron chi connectivity index (χ0n) is 9.84. The Morgan fingerprint density at radius 1 is 1.42 bits per heavy atom. The number of hydrogen-bond acceptors (Lipinski definition) is 4. The summed E-state index contributed by atoms with van der Waals surface area (Å²) in [4.78, 5) is 0. The maximum absolute atomic E-state index is 13.4. The summed E-state index contributed by atoms with van der Waals surface area (Å²) in [6.45, 7) is -0.146. The molecule has 1 heterocycles. The van der Waals surface area contributed by atoms with Crippen LogP contribution in [0, 0.1) is 5.82 Å². The highest BCUT2D eigenvalue weighted by Gasteiger charge is 2.23. The third kappa shape index (κ3) is 2.99. The molecule has 2 rings (SSSR count). The lowest BCUT2D eigenvalue weighted by Crippen LogP contribution is -2.26. The summed E-state index contributed by atoms with van der Waals surface area (Å²) in [6, 6.07) is 5.95. The summed E-state index contributed by atoms with van der Waals surface area (Å²) in [5.74, 6) is -0.465.